The first-order valence-electron chi connectivity index (χ1n) is 6.09. The number of hydrogen-bond donors (Lipinski definition) is 2. The van der Waals surface area contributed by atoms with E-state index in [1.54, 1.807) is 12.1 Å². The highest BCUT2D eigenvalue weighted by Crippen LogP contribution is 2.22. The summed E-state index contributed by atoms with van der Waals surface area (Å²) in [6, 6.07) is 5.99. The Hall–Kier alpha value is -1.69. The molecular formula is C14H15BrFN3O. The lowest BCUT2D eigenvalue weighted by molar-refractivity contribution is 0.102. The van der Waals surface area contributed by atoms with Crippen molar-refractivity contribution >= 4 is 27.7 Å². The maximum Gasteiger partial charge on any atom is 0.256 e. The second kappa shape index (κ2) is 5.36. The van der Waals surface area contributed by atoms with Crippen LogP contribution in [0.15, 0.2) is 28.7 Å². The van der Waals surface area contributed by atoms with Gasteiger partial charge in [-0.15, -0.1) is 0 Å². The molecule has 1 aromatic carbocycles. The average molecular weight is 340 g/mol. The third-order valence-electron chi connectivity index (χ3n) is 2.81. The van der Waals surface area contributed by atoms with Gasteiger partial charge in [0.1, 0.15) is 5.82 Å². The molecule has 1 aromatic heterocycles. The predicted octanol–water partition coefficient (Wildman–Crippen LogP) is 3.86. The minimum absolute atomic E-state index is 0.0836. The van der Waals surface area contributed by atoms with Crippen molar-refractivity contribution in [2.24, 2.45) is 0 Å². The third kappa shape index (κ3) is 3.25. The van der Waals surface area contributed by atoms with Crippen LogP contribution in [0.1, 0.15) is 36.8 Å². The topological polar surface area (TPSA) is 57.8 Å². The largest absolute Gasteiger partial charge is 0.305 e. The van der Waals surface area contributed by atoms with Crippen molar-refractivity contribution in [3.8, 4) is 0 Å². The van der Waals surface area contributed by atoms with Crippen molar-refractivity contribution in [2.75, 3.05) is 5.32 Å². The number of rotatable bonds is 2. The van der Waals surface area contributed by atoms with Crippen molar-refractivity contribution in [1.82, 2.24) is 10.2 Å². The molecule has 0 saturated heterocycles. The van der Waals surface area contributed by atoms with E-state index in [0.717, 1.165) is 5.69 Å². The van der Waals surface area contributed by atoms with Crippen LogP contribution in [0.4, 0.5) is 10.2 Å². The Balaban J connectivity index is 2.15. The fourth-order valence-electron chi connectivity index (χ4n) is 1.60. The van der Waals surface area contributed by atoms with E-state index < -0.39 is 11.7 Å². The lowest BCUT2D eigenvalue weighted by atomic mass is 9.92. The number of nitrogens with one attached hydrogen (secondary N) is 2. The van der Waals surface area contributed by atoms with Crippen LogP contribution in [-0.2, 0) is 5.41 Å². The van der Waals surface area contributed by atoms with Gasteiger partial charge in [-0.25, -0.2) is 4.39 Å². The number of aromatic nitrogens is 2. The molecule has 0 aliphatic rings. The van der Waals surface area contributed by atoms with E-state index in [-0.39, 0.29) is 11.0 Å². The van der Waals surface area contributed by atoms with Crippen LogP contribution < -0.4 is 5.32 Å². The predicted molar refractivity (Wildman–Crippen MR) is 79.3 cm³/mol. The fraction of sp³-hybridized carbons (Fsp3) is 0.286. The molecule has 0 aliphatic heterocycles. The second-order valence-electron chi connectivity index (χ2n) is 5.50. The van der Waals surface area contributed by atoms with E-state index in [4.69, 9.17) is 0 Å². The molecule has 20 heavy (non-hydrogen) atoms. The van der Waals surface area contributed by atoms with Gasteiger partial charge in [-0.1, -0.05) is 20.8 Å². The van der Waals surface area contributed by atoms with E-state index in [0.29, 0.717) is 10.3 Å². The normalized spacial score (nSPS) is 11.4. The van der Waals surface area contributed by atoms with Crippen LogP contribution >= 0.6 is 15.9 Å². The highest BCUT2D eigenvalue weighted by Gasteiger charge is 2.18. The molecule has 2 rings (SSSR count). The number of hydrogen-bond acceptors (Lipinski definition) is 2. The molecule has 0 atom stereocenters. The van der Waals surface area contributed by atoms with Crippen molar-refractivity contribution in [3.05, 3.63) is 45.8 Å². The Morgan fingerprint density at radius 3 is 2.60 bits per heavy atom. The van der Waals surface area contributed by atoms with Gasteiger partial charge in [-0.05, 0) is 34.1 Å². The van der Waals surface area contributed by atoms with Gasteiger partial charge in [-0.3, -0.25) is 9.89 Å². The molecule has 0 aliphatic carbocycles. The number of amides is 1. The molecule has 0 spiro atoms. The molecule has 0 radical (unpaired) electrons. The van der Waals surface area contributed by atoms with Gasteiger partial charge < -0.3 is 5.32 Å². The quantitative estimate of drug-likeness (QED) is 0.872. The van der Waals surface area contributed by atoms with Crippen LogP contribution in [0, 0.1) is 5.82 Å². The van der Waals surface area contributed by atoms with Crippen molar-refractivity contribution < 1.29 is 9.18 Å². The Morgan fingerprint density at radius 1 is 1.35 bits per heavy atom. The fourth-order valence-corrected chi connectivity index (χ4v) is 1.84. The molecule has 0 bridgehead atoms. The minimum atomic E-state index is -0.477. The van der Waals surface area contributed by atoms with E-state index >= 15 is 0 Å². The maximum absolute atomic E-state index is 13.4. The number of halogens is 2. The first kappa shape index (κ1) is 14.7. The number of carbonyl (C=O) groups is 1. The highest BCUT2D eigenvalue weighted by molar-refractivity contribution is 9.10. The lowest BCUT2D eigenvalue weighted by Crippen LogP contribution is -2.13. The lowest BCUT2D eigenvalue weighted by Gasteiger charge is -2.14. The summed E-state index contributed by atoms with van der Waals surface area (Å²) in [6.07, 6.45) is 0. The summed E-state index contributed by atoms with van der Waals surface area (Å²) in [7, 11) is 0. The number of carbonyl (C=O) groups excluding carboxylic acids is 1. The summed E-state index contributed by atoms with van der Waals surface area (Å²) in [5, 5.41) is 9.54. The zero-order valence-corrected chi connectivity index (χ0v) is 13.0. The monoisotopic (exact) mass is 339 g/mol. The number of aromatic amines is 1. The molecular weight excluding hydrogens is 325 g/mol. The van der Waals surface area contributed by atoms with Crippen LogP contribution in [0.25, 0.3) is 0 Å². The molecule has 0 fully saturated rings. The van der Waals surface area contributed by atoms with Crippen molar-refractivity contribution in [1.29, 1.82) is 0 Å². The smallest absolute Gasteiger partial charge is 0.256 e. The molecule has 1 heterocycles. The summed E-state index contributed by atoms with van der Waals surface area (Å²) < 4.78 is 13.7. The third-order valence-corrected chi connectivity index (χ3v) is 3.45. The first-order valence-corrected chi connectivity index (χ1v) is 6.89. The standard InChI is InChI=1S/C14H15BrFN3O/c1-14(2,3)11-7-12(19-18-11)17-13(20)8-4-5-9(15)10(16)6-8/h4-7H,1-3H3,(H2,17,18,19,20). The number of anilines is 1. The number of H-pyrrole nitrogens is 1. The van der Waals surface area contributed by atoms with Crippen LogP contribution in [0.3, 0.4) is 0 Å². The minimum Gasteiger partial charge on any atom is -0.305 e. The Bertz CT molecular complexity index is 646. The first-order chi connectivity index (χ1) is 9.27. The van der Waals surface area contributed by atoms with Gasteiger partial charge in [0.05, 0.1) is 4.47 Å². The molecule has 1 amide bonds. The Morgan fingerprint density at radius 2 is 2.05 bits per heavy atom. The Kier molecular flexibility index (Phi) is 3.94. The van der Waals surface area contributed by atoms with Gasteiger partial charge in [0.2, 0.25) is 0 Å². The molecule has 6 heteroatoms. The molecule has 106 valence electrons. The van der Waals surface area contributed by atoms with Crippen molar-refractivity contribution in [2.45, 2.75) is 26.2 Å². The van der Waals surface area contributed by atoms with Gasteiger partial charge in [0.25, 0.3) is 5.91 Å². The van der Waals surface area contributed by atoms with E-state index in [2.05, 4.69) is 31.4 Å². The molecule has 0 unspecified atom stereocenters. The van der Waals surface area contributed by atoms with E-state index in [1.807, 2.05) is 20.8 Å². The highest BCUT2D eigenvalue weighted by atomic mass is 79.9. The Labute approximate surface area is 124 Å². The molecule has 0 saturated carbocycles. The average Bonchev–Trinajstić information content (AvgIpc) is 2.81. The second-order valence-corrected chi connectivity index (χ2v) is 6.35. The van der Waals surface area contributed by atoms with E-state index in [9.17, 15) is 9.18 Å². The van der Waals surface area contributed by atoms with Crippen LogP contribution in [0.2, 0.25) is 0 Å². The summed E-state index contributed by atoms with van der Waals surface area (Å²) in [5.41, 5.74) is 1.07. The maximum atomic E-state index is 13.4. The van der Waals surface area contributed by atoms with Crippen LogP contribution in [-0.4, -0.2) is 16.1 Å². The van der Waals surface area contributed by atoms with Gasteiger partial charge in [0, 0.05) is 22.7 Å². The van der Waals surface area contributed by atoms with Gasteiger partial charge >= 0.3 is 0 Å². The van der Waals surface area contributed by atoms with Crippen LogP contribution in [0.5, 0.6) is 0 Å². The zero-order valence-electron chi connectivity index (χ0n) is 11.4. The van der Waals surface area contributed by atoms with Gasteiger partial charge in [0.15, 0.2) is 5.82 Å². The number of benzene rings is 1. The number of nitrogens with zero attached hydrogens (tertiary/aromatic N) is 1. The van der Waals surface area contributed by atoms with Crippen molar-refractivity contribution in [3.63, 3.8) is 0 Å². The summed E-state index contributed by atoms with van der Waals surface area (Å²) >= 11 is 3.05. The van der Waals surface area contributed by atoms with E-state index in [1.165, 1.54) is 12.1 Å². The molecule has 2 aromatic rings. The summed E-state index contributed by atoms with van der Waals surface area (Å²) in [6.45, 7) is 6.11. The summed E-state index contributed by atoms with van der Waals surface area (Å²) in [4.78, 5) is 12.0. The zero-order chi connectivity index (χ0) is 14.9. The van der Waals surface area contributed by atoms with Gasteiger partial charge in [-0.2, -0.15) is 5.10 Å². The summed E-state index contributed by atoms with van der Waals surface area (Å²) in [5.74, 6) is -0.457. The molecule has 4 nitrogen and oxygen atoms in total. The molecule has 2 N–H and O–H groups in total. The SMILES string of the molecule is CC(C)(C)c1cc(NC(=O)c2ccc(Br)c(F)c2)n[nH]1.